The molecule has 4 heteroatoms. The van der Waals surface area contributed by atoms with Crippen molar-refractivity contribution in [2.24, 2.45) is 5.92 Å². The van der Waals surface area contributed by atoms with Crippen LogP contribution >= 0.6 is 0 Å². The van der Waals surface area contributed by atoms with Crippen molar-refractivity contribution in [1.82, 2.24) is 10.6 Å². The van der Waals surface area contributed by atoms with E-state index in [0.29, 0.717) is 30.4 Å². The van der Waals surface area contributed by atoms with Gasteiger partial charge >= 0.3 is 0 Å². The van der Waals surface area contributed by atoms with Crippen LogP contribution in [0.15, 0.2) is 18.2 Å². The lowest BCUT2D eigenvalue weighted by atomic mass is 9.93. The molecular weight excluding hydrogens is 252 g/mol. The first-order valence-electron chi connectivity index (χ1n) is 7.38. The number of carbonyl (C=O) groups excluding carboxylic acids is 1. The van der Waals surface area contributed by atoms with Crippen molar-refractivity contribution < 1.29 is 9.53 Å². The number of nitrogens with one attached hydrogen (secondary N) is 2. The third kappa shape index (κ3) is 3.31. The predicted molar refractivity (Wildman–Crippen MR) is 80.1 cm³/mol. The number of amides is 1. The summed E-state index contributed by atoms with van der Waals surface area (Å²) in [6, 6.07) is 6.20. The standard InChI is InChI=1S/C16H24N2O2/c1-4-11(2)9-14(17-3)12-5-6-15-13(10-12)16(19)18-7-8-20-15/h5-6,10-11,14,17H,4,7-9H2,1-3H3,(H,18,19). The molecule has 1 aliphatic heterocycles. The Kier molecular flexibility index (Phi) is 5.01. The van der Waals surface area contributed by atoms with Gasteiger partial charge in [-0.05, 0) is 37.1 Å². The maximum atomic E-state index is 12.0. The van der Waals surface area contributed by atoms with Gasteiger partial charge in [-0.15, -0.1) is 0 Å². The maximum absolute atomic E-state index is 12.0. The van der Waals surface area contributed by atoms with Crippen molar-refractivity contribution in [3.05, 3.63) is 29.3 Å². The Morgan fingerprint density at radius 2 is 2.25 bits per heavy atom. The van der Waals surface area contributed by atoms with E-state index >= 15 is 0 Å². The summed E-state index contributed by atoms with van der Waals surface area (Å²) in [6.45, 7) is 5.55. The van der Waals surface area contributed by atoms with Crippen LogP contribution in [0, 0.1) is 5.92 Å². The van der Waals surface area contributed by atoms with Crippen LogP contribution in [0.2, 0.25) is 0 Å². The summed E-state index contributed by atoms with van der Waals surface area (Å²) in [4.78, 5) is 12.0. The van der Waals surface area contributed by atoms with Gasteiger partial charge in [-0.3, -0.25) is 4.79 Å². The molecule has 2 rings (SSSR count). The highest BCUT2D eigenvalue weighted by Gasteiger charge is 2.20. The Labute approximate surface area is 120 Å². The van der Waals surface area contributed by atoms with E-state index in [2.05, 4.69) is 30.5 Å². The number of rotatable bonds is 5. The predicted octanol–water partition coefficient (Wildman–Crippen LogP) is 2.51. The van der Waals surface area contributed by atoms with Gasteiger partial charge in [0.15, 0.2) is 0 Å². The lowest BCUT2D eigenvalue weighted by Gasteiger charge is -2.21. The van der Waals surface area contributed by atoms with Crippen LogP contribution in [-0.4, -0.2) is 26.1 Å². The van der Waals surface area contributed by atoms with Gasteiger partial charge in [0.1, 0.15) is 12.4 Å². The van der Waals surface area contributed by atoms with E-state index in [0.717, 1.165) is 18.4 Å². The van der Waals surface area contributed by atoms with E-state index in [1.54, 1.807) is 0 Å². The number of hydrogen-bond donors (Lipinski definition) is 2. The topological polar surface area (TPSA) is 50.4 Å². The molecular formula is C16H24N2O2. The molecule has 0 fully saturated rings. The van der Waals surface area contributed by atoms with Crippen LogP contribution in [0.25, 0.3) is 0 Å². The molecule has 1 aromatic rings. The van der Waals surface area contributed by atoms with Crippen LogP contribution in [-0.2, 0) is 0 Å². The number of hydrogen-bond acceptors (Lipinski definition) is 3. The molecule has 2 unspecified atom stereocenters. The fraction of sp³-hybridized carbons (Fsp3) is 0.562. The van der Waals surface area contributed by atoms with Crippen molar-refractivity contribution in [2.75, 3.05) is 20.2 Å². The van der Waals surface area contributed by atoms with E-state index in [9.17, 15) is 4.79 Å². The first-order chi connectivity index (χ1) is 9.65. The Morgan fingerprint density at radius 3 is 2.95 bits per heavy atom. The van der Waals surface area contributed by atoms with Crippen LogP contribution in [0.4, 0.5) is 0 Å². The highest BCUT2D eigenvalue weighted by Crippen LogP contribution is 2.28. The Morgan fingerprint density at radius 1 is 1.45 bits per heavy atom. The molecule has 0 aliphatic carbocycles. The largest absolute Gasteiger partial charge is 0.491 e. The summed E-state index contributed by atoms with van der Waals surface area (Å²) in [7, 11) is 1.97. The maximum Gasteiger partial charge on any atom is 0.255 e. The number of benzene rings is 1. The van der Waals surface area contributed by atoms with E-state index in [-0.39, 0.29) is 11.9 Å². The van der Waals surface area contributed by atoms with Gasteiger partial charge in [-0.2, -0.15) is 0 Å². The fourth-order valence-electron chi connectivity index (χ4n) is 2.48. The molecule has 1 amide bonds. The van der Waals surface area contributed by atoms with Gasteiger partial charge in [0.05, 0.1) is 12.1 Å². The summed E-state index contributed by atoms with van der Waals surface area (Å²) in [5, 5.41) is 6.20. The first kappa shape index (κ1) is 14.9. The van der Waals surface area contributed by atoms with Crippen molar-refractivity contribution in [2.45, 2.75) is 32.7 Å². The van der Waals surface area contributed by atoms with Gasteiger partial charge in [0.2, 0.25) is 0 Å². The van der Waals surface area contributed by atoms with Crippen LogP contribution in [0.1, 0.15) is 48.7 Å². The number of carbonyl (C=O) groups is 1. The van der Waals surface area contributed by atoms with Crippen LogP contribution in [0.3, 0.4) is 0 Å². The second kappa shape index (κ2) is 6.75. The second-order valence-corrected chi connectivity index (χ2v) is 5.45. The van der Waals surface area contributed by atoms with E-state index in [1.807, 2.05) is 19.2 Å². The SMILES string of the molecule is CCC(C)CC(NC)c1ccc2c(c1)C(=O)NCCO2. The van der Waals surface area contributed by atoms with Crippen molar-refractivity contribution in [3.8, 4) is 5.75 Å². The molecule has 0 saturated heterocycles. The molecule has 4 nitrogen and oxygen atoms in total. The van der Waals surface area contributed by atoms with E-state index in [1.165, 1.54) is 0 Å². The van der Waals surface area contributed by atoms with Gasteiger partial charge < -0.3 is 15.4 Å². The summed E-state index contributed by atoms with van der Waals surface area (Å²) < 4.78 is 5.59. The van der Waals surface area contributed by atoms with E-state index < -0.39 is 0 Å². The smallest absolute Gasteiger partial charge is 0.255 e. The summed E-state index contributed by atoms with van der Waals surface area (Å²) in [5.74, 6) is 1.29. The molecule has 0 radical (unpaired) electrons. The molecule has 1 aromatic carbocycles. The second-order valence-electron chi connectivity index (χ2n) is 5.45. The third-order valence-corrected chi connectivity index (χ3v) is 3.98. The normalized spacial score (nSPS) is 17.4. The van der Waals surface area contributed by atoms with Crippen LogP contribution in [0.5, 0.6) is 5.75 Å². The average molecular weight is 276 g/mol. The molecule has 0 aromatic heterocycles. The fourth-order valence-corrected chi connectivity index (χ4v) is 2.48. The Bertz CT molecular complexity index is 474. The van der Waals surface area contributed by atoms with Gasteiger partial charge in [0.25, 0.3) is 5.91 Å². The number of ether oxygens (including phenoxy) is 1. The molecule has 110 valence electrons. The Hall–Kier alpha value is -1.55. The number of fused-ring (bicyclic) bond motifs is 1. The Balaban J connectivity index is 2.26. The minimum atomic E-state index is -0.0438. The summed E-state index contributed by atoms with van der Waals surface area (Å²) >= 11 is 0. The minimum absolute atomic E-state index is 0.0438. The zero-order valence-corrected chi connectivity index (χ0v) is 12.5. The van der Waals surface area contributed by atoms with Gasteiger partial charge in [0, 0.05) is 6.04 Å². The van der Waals surface area contributed by atoms with E-state index in [4.69, 9.17) is 4.74 Å². The lowest BCUT2D eigenvalue weighted by Crippen LogP contribution is -2.25. The quantitative estimate of drug-likeness (QED) is 0.869. The van der Waals surface area contributed by atoms with Crippen molar-refractivity contribution in [3.63, 3.8) is 0 Å². The molecule has 2 N–H and O–H groups in total. The molecule has 1 aliphatic rings. The van der Waals surface area contributed by atoms with Gasteiger partial charge in [-0.1, -0.05) is 26.3 Å². The summed E-state index contributed by atoms with van der Waals surface area (Å²) in [5.41, 5.74) is 1.79. The lowest BCUT2D eigenvalue weighted by molar-refractivity contribution is 0.0957. The molecule has 0 bridgehead atoms. The molecule has 1 heterocycles. The third-order valence-electron chi connectivity index (χ3n) is 3.98. The minimum Gasteiger partial charge on any atom is -0.491 e. The van der Waals surface area contributed by atoms with Gasteiger partial charge in [-0.25, -0.2) is 0 Å². The highest BCUT2D eigenvalue weighted by atomic mass is 16.5. The zero-order chi connectivity index (χ0) is 14.5. The molecule has 0 saturated carbocycles. The van der Waals surface area contributed by atoms with Crippen molar-refractivity contribution in [1.29, 1.82) is 0 Å². The zero-order valence-electron chi connectivity index (χ0n) is 12.5. The summed E-state index contributed by atoms with van der Waals surface area (Å²) in [6.07, 6.45) is 2.22. The average Bonchev–Trinajstić information content (AvgIpc) is 2.66. The monoisotopic (exact) mass is 276 g/mol. The highest BCUT2D eigenvalue weighted by molar-refractivity contribution is 5.97. The van der Waals surface area contributed by atoms with Crippen molar-refractivity contribution >= 4 is 5.91 Å². The van der Waals surface area contributed by atoms with Crippen LogP contribution < -0.4 is 15.4 Å². The molecule has 0 spiro atoms. The molecule has 2 atom stereocenters. The first-order valence-corrected chi connectivity index (χ1v) is 7.38. The molecule has 20 heavy (non-hydrogen) atoms.